The smallest absolute Gasteiger partial charge is 0.225 e. The van der Waals surface area contributed by atoms with Gasteiger partial charge in [-0.15, -0.1) is 0 Å². The van der Waals surface area contributed by atoms with Crippen LogP contribution in [0.2, 0.25) is 0 Å². The molecular formula is C13H19N3O2. The van der Waals surface area contributed by atoms with Crippen molar-refractivity contribution in [3.05, 3.63) is 18.1 Å². The van der Waals surface area contributed by atoms with Crippen molar-refractivity contribution in [1.29, 1.82) is 0 Å². The second-order valence-electron chi connectivity index (χ2n) is 4.91. The predicted octanol–water partition coefficient (Wildman–Crippen LogP) is 1.42. The van der Waals surface area contributed by atoms with Crippen LogP contribution in [0, 0.1) is 12.8 Å². The predicted molar refractivity (Wildman–Crippen MR) is 67.2 cm³/mol. The number of rotatable bonds is 3. The molecule has 1 saturated heterocycles. The number of ether oxygens (including phenoxy) is 1. The van der Waals surface area contributed by atoms with E-state index in [0.717, 1.165) is 13.0 Å². The summed E-state index contributed by atoms with van der Waals surface area (Å²) >= 11 is 0. The van der Waals surface area contributed by atoms with Crippen molar-refractivity contribution in [2.75, 3.05) is 13.1 Å². The lowest BCUT2D eigenvalue weighted by Gasteiger charge is -2.18. The molecule has 1 aliphatic rings. The van der Waals surface area contributed by atoms with Crippen LogP contribution in [0.4, 0.5) is 0 Å². The lowest BCUT2D eigenvalue weighted by molar-refractivity contribution is -0.133. The molecule has 5 nitrogen and oxygen atoms in total. The van der Waals surface area contributed by atoms with Crippen molar-refractivity contribution in [1.82, 2.24) is 14.9 Å². The number of aryl methyl sites for hydroxylation is 1. The van der Waals surface area contributed by atoms with Crippen LogP contribution in [0.1, 0.15) is 26.1 Å². The van der Waals surface area contributed by atoms with E-state index in [2.05, 4.69) is 9.97 Å². The molecular weight excluding hydrogens is 230 g/mol. The van der Waals surface area contributed by atoms with E-state index in [1.165, 1.54) is 0 Å². The van der Waals surface area contributed by atoms with E-state index < -0.39 is 0 Å². The van der Waals surface area contributed by atoms with E-state index in [9.17, 15) is 4.79 Å². The van der Waals surface area contributed by atoms with Gasteiger partial charge in [0.2, 0.25) is 11.8 Å². The highest BCUT2D eigenvalue weighted by Gasteiger charge is 2.28. The van der Waals surface area contributed by atoms with Crippen LogP contribution in [0.3, 0.4) is 0 Å². The van der Waals surface area contributed by atoms with Crippen molar-refractivity contribution < 1.29 is 9.53 Å². The number of likely N-dealkylation sites (tertiary alicyclic amines) is 1. The van der Waals surface area contributed by atoms with E-state index in [-0.39, 0.29) is 17.9 Å². The molecule has 0 saturated carbocycles. The number of hydrogen-bond acceptors (Lipinski definition) is 4. The van der Waals surface area contributed by atoms with Gasteiger partial charge in [-0.3, -0.25) is 4.79 Å². The highest BCUT2D eigenvalue weighted by molar-refractivity contribution is 5.78. The maximum absolute atomic E-state index is 11.8. The van der Waals surface area contributed by atoms with Crippen molar-refractivity contribution >= 4 is 5.91 Å². The summed E-state index contributed by atoms with van der Waals surface area (Å²) < 4.78 is 5.77. The highest BCUT2D eigenvalue weighted by Crippen LogP contribution is 2.17. The van der Waals surface area contributed by atoms with Gasteiger partial charge in [0.05, 0.1) is 6.54 Å². The Labute approximate surface area is 107 Å². The number of carbonyl (C=O) groups is 1. The Kier molecular flexibility index (Phi) is 3.79. The fraction of sp³-hybridized carbons (Fsp3) is 0.615. The Morgan fingerprint density at radius 2 is 2.33 bits per heavy atom. The average Bonchev–Trinajstić information content (AvgIpc) is 2.76. The van der Waals surface area contributed by atoms with E-state index in [4.69, 9.17) is 4.74 Å². The third-order valence-corrected chi connectivity index (χ3v) is 2.99. The molecule has 0 aromatic carbocycles. The van der Waals surface area contributed by atoms with Gasteiger partial charge in [0, 0.05) is 31.1 Å². The summed E-state index contributed by atoms with van der Waals surface area (Å²) in [5.74, 6) is 1.52. The maximum Gasteiger partial charge on any atom is 0.225 e. The van der Waals surface area contributed by atoms with Gasteiger partial charge in [-0.05, 0) is 6.92 Å². The first-order chi connectivity index (χ1) is 8.56. The van der Waals surface area contributed by atoms with E-state index >= 15 is 0 Å². The van der Waals surface area contributed by atoms with E-state index in [0.29, 0.717) is 18.2 Å². The Hall–Kier alpha value is -1.65. The zero-order valence-corrected chi connectivity index (χ0v) is 11.1. The summed E-state index contributed by atoms with van der Waals surface area (Å²) in [4.78, 5) is 21.9. The summed E-state index contributed by atoms with van der Waals surface area (Å²) in [6.45, 7) is 7.09. The number of amides is 1. The van der Waals surface area contributed by atoms with Gasteiger partial charge >= 0.3 is 0 Å². The summed E-state index contributed by atoms with van der Waals surface area (Å²) in [5, 5.41) is 0. The third kappa shape index (κ3) is 2.97. The van der Waals surface area contributed by atoms with Crippen molar-refractivity contribution in [3.8, 4) is 5.88 Å². The summed E-state index contributed by atoms with van der Waals surface area (Å²) in [7, 11) is 0. The Morgan fingerprint density at radius 3 is 3.00 bits per heavy atom. The maximum atomic E-state index is 11.8. The molecule has 1 atom stereocenters. The number of aromatic nitrogens is 2. The van der Waals surface area contributed by atoms with Gasteiger partial charge in [-0.25, -0.2) is 4.98 Å². The quantitative estimate of drug-likeness (QED) is 0.813. The molecule has 1 aromatic rings. The molecule has 98 valence electrons. The second-order valence-corrected chi connectivity index (χ2v) is 4.91. The largest absolute Gasteiger partial charge is 0.472 e. The van der Waals surface area contributed by atoms with Gasteiger partial charge in [-0.1, -0.05) is 13.8 Å². The molecule has 18 heavy (non-hydrogen) atoms. The number of carbonyl (C=O) groups excluding carboxylic acids is 1. The molecule has 0 unspecified atom stereocenters. The molecule has 0 N–H and O–H groups in total. The first-order valence-corrected chi connectivity index (χ1v) is 6.31. The minimum Gasteiger partial charge on any atom is -0.472 e. The van der Waals surface area contributed by atoms with Crippen LogP contribution in [0.5, 0.6) is 5.88 Å². The topological polar surface area (TPSA) is 55.3 Å². The van der Waals surface area contributed by atoms with E-state index in [1.54, 1.807) is 12.3 Å². The van der Waals surface area contributed by atoms with Crippen LogP contribution in [0.15, 0.2) is 12.3 Å². The van der Waals surface area contributed by atoms with Gasteiger partial charge in [0.15, 0.2) is 0 Å². The first kappa shape index (κ1) is 12.8. The summed E-state index contributed by atoms with van der Waals surface area (Å²) in [5.41, 5.74) is 0. The Balaban J connectivity index is 1.92. The fourth-order valence-corrected chi connectivity index (χ4v) is 2.06. The molecule has 0 radical (unpaired) electrons. The lowest BCUT2D eigenvalue weighted by atomic mass is 10.2. The van der Waals surface area contributed by atoms with Crippen LogP contribution in [-0.2, 0) is 4.79 Å². The average molecular weight is 249 g/mol. The SMILES string of the molecule is Cc1nccc(O[C@H]2CCN(C(=O)C(C)C)C2)n1. The molecule has 0 spiro atoms. The molecule has 1 aliphatic heterocycles. The zero-order valence-electron chi connectivity index (χ0n) is 11.1. The monoisotopic (exact) mass is 249 g/mol. The van der Waals surface area contributed by atoms with Gasteiger partial charge in [0.25, 0.3) is 0 Å². The van der Waals surface area contributed by atoms with Gasteiger partial charge in [-0.2, -0.15) is 4.98 Å². The Morgan fingerprint density at radius 1 is 1.56 bits per heavy atom. The molecule has 1 aromatic heterocycles. The first-order valence-electron chi connectivity index (χ1n) is 6.31. The number of nitrogens with zero attached hydrogens (tertiary/aromatic N) is 3. The zero-order chi connectivity index (χ0) is 13.1. The minimum atomic E-state index is 0.0435. The molecule has 2 heterocycles. The van der Waals surface area contributed by atoms with E-state index in [1.807, 2.05) is 25.7 Å². The molecule has 2 rings (SSSR count). The molecule has 0 aliphatic carbocycles. The van der Waals surface area contributed by atoms with Crippen molar-refractivity contribution in [2.24, 2.45) is 5.92 Å². The van der Waals surface area contributed by atoms with Crippen molar-refractivity contribution in [3.63, 3.8) is 0 Å². The molecule has 5 heteroatoms. The molecule has 1 amide bonds. The summed E-state index contributed by atoms with van der Waals surface area (Å²) in [6.07, 6.45) is 2.59. The van der Waals surface area contributed by atoms with Crippen molar-refractivity contribution in [2.45, 2.75) is 33.3 Å². The fourth-order valence-electron chi connectivity index (χ4n) is 2.06. The van der Waals surface area contributed by atoms with Gasteiger partial charge in [0.1, 0.15) is 11.9 Å². The van der Waals surface area contributed by atoms with Crippen LogP contribution < -0.4 is 4.74 Å². The van der Waals surface area contributed by atoms with Crippen LogP contribution in [-0.4, -0.2) is 40.0 Å². The van der Waals surface area contributed by atoms with Crippen LogP contribution >= 0.6 is 0 Å². The van der Waals surface area contributed by atoms with Crippen LogP contribution in [0.25, 0.3) is 0 Å². The highest BCUT2D eigenvalue weighted by atomic mass is 16.5. The molecule has 1 fully saturated rings. The summed E-state index contributed by atoms with van der Waals surface area (Å²) in [6, 6.07) is 1.75. The third-order valence-electron chi connectivity index (χ3n) is 2.99. The molecule has 0 bridgehead atoms. The number of hydrogen-bond donors (Lipinski definition) is 0. The van der Waals surface area contributed by atoms with Gasteiger partial charge < -0.3 is 9.64 Å². The second kappa shape index (κ2) is 5.33. The Bertz CT molecular complexity index is 434. The standard InChI is InChI=1S/C13H19N3O2/c1-9(2)13(17)16-7-5-11(8-16)18-12-4-6-14-10(3)15-12/h4,6,9,11H,5,7-8H2,1-3H3/t11-/m0/s1. The minimum absolute atomic E-state index is 0.0435. The normalized spacial score (nSPS) is 19.3. The lowest BCUT2D eigenvalue weighted by Crippen LogP contribution is -2.33.